The van der Waals surface area contributed by atoms with Crippen LogP contribution < -0.4 is 14.2 Å². The smallest absolute Gasteiger partial charge is 0.282 e. The molecule has 0 saturated carbocycles. The van der Waals surface area contributed by atoms with Gasteiger partial charge in [0.25, 0.3) is 16.1 Å². The van der Waals surface area contributed by atoms with E-state index < -0.39 is 10.2 Å². The molecule has 1 aromatic rings. The Kier molecular flexibility index (Phi) is 7.06. The van der Waals surface area contributed by atoms with Gasteiger partial charge in [-0.3, -0.25) is 4.79 Å². The lowest BCUT2D eigenvalue weighted by atomic mass is 10.1. The highest BCUT2D eigenvalue weighted by Gasteiger charge is 2.35. The minimum absolute atomic E-state index is 0.203. The number of nitrogens with zero attached hydrogens (tertiary/aromatic N) is 4. The fourth-order valence-electron chi connectivity index (χ4n) is 3.69. The van der Waals surface area contributed by atoms with Gasteiger partial charge < -0.3 is 24.0 Å². The normalized spacial score (nSPS) is 19.5. The van der Waals surface area contributed by atoms with Crippen LogP contribution in [0.25, 0.3) is 0 Å². The van der Waals surface area contributed by atoms with Crippen LogP contribution >= 0.6 is 0 Å². The van der Waals surface area contributed by atoms with Gasteiger partial charge in [-0.15, -0.1) is 0 Å². The second-order valence-corrected chi connectivity index (χ2v) is 9.24. The topological polar surface area (TPSA) is 91.9 Å². The predicted octanol–water partition coefficient (Wildman–Crippen LogP) is -0.0376. The van der Waals surface area contributed by atoms with Crippen molar-refractivity contribution in [2.75, 3.05) is 80.7 Å². The van der Waals surface area contributed by atoms with Crippen molar-refractivity contribution in [3.8, 4) is 17.2 Å². The number of piperazine rings is 2. The fourth-order valence-corrected chi connectivity index (χ4v) is 5.27. The van der Waals surface area contributed by atoms with Gasteiger partial charge in [0.1, 0.15) is 0 Å². The highest BCUT2D eigenvalue weighted by molar-refractivity contribution is 7.86. The zero-order valence-corrected chi connectivity index (χ0v) is 18.8. The zero-order chi connectivity index (χ0) is 21.9. The molecule has 1 aromatic carbocycles. The van der Waals surface area contributed by atoms with Crippen molar-refractivity contribution in [3.63, 3.8) is 0 Å². The van der Waals surface area contributed by atoms with E-state index in [1.54, 1.807) is 17.0 Å². The molecular formula is C19H30N4O6S. The summed E-state index contributed by atoms with van der Waals surface area (Å²) in [7, 11) is 2.97. The Morgan fingerprint density at radius 2 is 1.27 bits per heavy atom. The molecule has 0 atom stereocenters. The van der Waals surface area contributed by atoms with Gasteiger partial charge in [0.05, 0.1) is 21.3 Å². The Hall–Kier alpha value is -2.08. The van der Waals surface area contributed by atoms with Gasteiger partial charge in [-0.05, 0) is 19.2 Å². The number of methoxy groups -OCH3 is 3. The Labute approximate surface area is 178 Å². The molecule has 0 spiro atoms. The number of benzene rings is 1. The van der Waals surface area contributed by atoms with E-state index in [9.17, 15) is 13.2 Å². The summed E-state index contributed by atoms with van der Waals surface area (Å²) in [6, 6.07) is 3.22. The van der Waals surface area contributed by atoms with Crippen LogP contribution in [0, 0.1) is 0 Å². The summed E-state index contributed by atoms with van der Waals surface area (Å²) in [5.41, 5.74) is 0.403. The minimum Gasteiger partial charge on any atom is -0.493 e. The van der Waals surface area contributed by atoms with E-state index in [1.807, 2.05) is 7.05 Å². The number of hydrogen-bond donors (Lipinski definition) is 0. The van der Waals surface area contributed by atoms with Gasteiger partial charge in [-0.25, -0.2) is 0 Å². The van der Waals surface area contributed by atoms with Crippen LogP contribution in [-0.4, -0.2) is 113 Å². The summed E-state index contributed by atoms with van der Waals surface area (Å²) < 4.78 is 44.8. The summed E-state index contributed by atoms with van der Waals surface area (Å²) in [5.74, 6) is 1.01. The fraction of sp³-hybridized carbons (Fsp3) is 0.632. The summed E-state index contributed by atoms with van der Waals surface area (Å²) in [6.07, 6.45) is 0. The average Bonchev–Trinajstić information content (AvgIpc) is 2.77. The first-order chi connectivity index (χ1) is 14.3. The first-order valence-electron chi connectivity index (χ1n) is 9.85. The van der Waals surface area contributed by atoms with Crippen LogP contribution in [0.2, 0.25) is 0 Å². The van der Waals surface area contributed by atoms with Crippen LogP contribution in [0.15, 0.2) is 12.1 Å². The van der Waals surface area contributed by atoms with E-state index in [0.717, 1.165) is 13.1 Å². The average molecular weight is 443 g/mol. The van der Waals surface area contributed by atoms with Crippen LogP contribution in [0.5, 0.6) is 17.2 Å². The molecule has 1 amide bonds. The minimum atomic E-state index is -3.51. The van der Waals surface area contributed by atoms with Crippen molar-refractivity contribution < 1.29 is 27.4 Å². The SMILES string of the molecule is COc1cc(C(=O)N2CCN(S(=O)(=O)N3CCN(C)CC3)CC2)cc(OC)c1OC. The van der Waals surface area contributed by atoms with Crippen LogP contribution in [0.4, 0.5) is 0 Å². The van der Waals surface area contributed by atoms with Crippen molar-refractivity contribution in [1.82, 2.24) is 18.4 Å². The van der Waals surface area contributed by atoms with Crippen LogP contribution in [-0.2, 0) is 10.2 Å². The third-order valence-corrected chi connectivity index (χ3v) is 7.59. The molecule has 2 heterocycles. The number of amides is 1. The number of carbonyl (C=O) groups is 1. The molecule has 0 radical (unpaired) electrons. The van der Waals surface area contributed by atoms with Gasteiger partial charge in [-0.1, -0.05) is 0 Å². The third kappa shape index (κ3) is 4.48. The number of likely N-dealkylation sites (N-methyl/N-ethyl adjacent to an activating group) is 1. The Balaban J connectivity index is 1.68. The quantitative estimate of drug-likeness (QED) is 0.611. The van der Waals surface area contributed by atoms with Gasteiger partial charge >= 0.3 is 0 Å². The molecule has 2 aliphatic heterocycles. The lowest BCUT2D eigenvalue weighted by molar-refractivity contribution is 0.0691. The van der Waals surface area contributed by atoms with Crippen molar-refractivity contribution in [3.05, 3.63) is 17.7 Å². The van der Waals surface area contributed by atoms with E-state index in [1.165, 1.54) is 29.9 Å². The lowest BCUT2D eigenvalue weighted by Gasteiger charge is -2.39. The molecule has 0 aliphatic carbocycles. The number of rotatable bonds is 6. The van der Waals surface area contributed by atoms with E-state index in [0.29, 0.717) is 49.0 Å². The molecule has 10 nitrogen and oxygen atoms in total. The van der Waals surface area contributed by atoms with Gasteiger partial charge in [0.15, 0.2) is 11.5 Å². The molecule has 2 fully saturated rings. The van der Waals surface area contributed by atoms with Crippen molar-refractivity contribution in [1.29, 1.82) is 0 Å². The third-order valence-electron chi connectivity index (χ3n) is 5.55. The van der Waals surface area contributed by atoms with Crippen molar-refractivity contribution in [2.24, 2.45) is 0 Å². The second kappa shape index (κ2) is 9.38. The van der Waals surface area contributed by atoms with Crippen LogP contribution in [0.1, 0.15) is 10.4 Å². The van der Waals surface area contributed by atoms with Gasteiger partial charge in [0.2, 0.25) is 5.75 Å². The first-order valence-corrected chi connectivity index (χ1v) is 11.2. The van der Waals surface area contributed by atoms with E-state index in [-0.39, 0.29) is 19.0 Å². The maximum atomic E-state index is 13.0. The Morgan fingerprint density at radius 3 is 1.70 bits per heavy atom. The maximum Gasteiger partial charge on any atom is 0.282 e. The molecule has 0 bridgehead atoms. The van der Waals surface area contributed by atoms with E-state index in [4.69, 9.17) is 14.2 Å². The molecule has 2 aliphatic rings. The monoisotopic (exact) mass is 442 g/mol. The van der Waals surface area contributed by atoms with Crippen molar-refractivity contribution >= 4 is 16.1 Å². The number of hydrogen-bond acceptors (Lipinski definition) is 7. The Morgan fingerprint density at radius 1 is 0.800 bits per heavy atom. The molecule has 168 valence electrons. The summed E-state index contributed by atoms with van der Waals surface area (Å²) in [5, 5.41) is 0. The molecule has 0 N–H and O–H groups in total. The maximum absolute atomic E-state index is 13.0. The summed E-state index contributed by atoms with van der Waals surface area (Å²) >= 11 is 0. The second-order valence-electron chi connectivity index (χ2n) is 7.32. The number of ether oxygens (including phenoxy) is 3. The molecule has 3 rings (SSSR count). The molecule has 30 heavy (non-hydrogen) atoms. The number of carbonyl (C=O) groups excluding carboxylic acids is 1. The van der Waals surface area contributed by atoms with E-state index in [2.05, 4.69) is 4.90 Å². The highest BCUT2D eigenvalue weighted by Crippen LogP contribution is 2.38. The molecule has 0 unspecified atom stereocenters. The molecule has 2 saturated heterocycles. The summed E-state index contributed by atoms with van der Waals surface area (Å²) in [6.45, 7) is 3.60. The van der Waals surface area contributed by atoms with Gasteiger partial charge in [-0.2, -0.15) is 17.0 Å². The van der Waals surface area contributed by atoms with Gasteiger partial charge in [0, 0.05) is 57.9 Å². The van der Waals surface area contributed by atoms with Crippen molar-refractivity contribution in [2.45, 2.75) is 0 Å². The highest BCUT2D eigenvalue weighted by atomic mass is 32.2. The molecular weight excluding hydrogens is 412 g/mol. The standard InChI is InChI=1S/C19H30N4O6S/c1-20-5-9-22(10-6-20)30(25,26)23-11-7-21(8-12-23)19(24)15-13-16(27-2)18(29-4)17(14-15)28-3/h13-14H,5-12H2,1-4H3. The predicted molar refractivity (Wildman–Crippen MR) is 112 cm³/mol. The zero-order valence-electron chi connectivity index (χ0n) is 18.0. The molecule has 0 aromatic heterocycles. The Bertz CT molecular complexity index is 837. The lowest BCUT2D eigenvalue weighted by Crippen LogP contribution is -2.57. The molecule has 11 heteroatoms. The first kappa shape index (κ1) is 22.6. The summed E-state index contributed by atoms with van der Waals surface area (Å²) in [4.78, 5) is 16.8. The van der Waals surface area contributed by atoms with E-state index >= 15 is 0 Å². The van der Waals surface area contributed by atoms with Crippen LogP contribution in [0.3, 0.4) is 0 Å². The largest absolute Gasteiger partial charge is 0.493 e.